The van der Waals surface area contributed by atoms with Crippen LogP contribution in [-0.2, 0) is 4.74 Å². The number of rotatable bonds is 2. The number of hydrogen-bond donors (Lipinski definition) is 0. The summed E-state index contributed by atoms with van der Waals surface area (Å²) >= 11 is 11.2. The van der Waals surface area contributed by atoms with E-state index in [1.54, 1.807) is 0 Å². The Labute approximate surface area is 94.7 Å². The van der Waals surface area contributed by atoms with Gasteiger partial charge in [0.1, 0.15) is 10.0 Å². The van der Waals surface area contributed by atoms with E-state index in [9.17, 15) is 14.9 Å². The second-order valence-electron chi connectivity index (χ2n) is 2.54. The fraction of sp³-hybridized carbons (Fsp3) is 0.125. The lowest BCUT2D eigenvalue weighted by atomic mass is 10.2. The summed E-state index contributed by atoms with van der Waals surface area (Å²) in [7, 11) is 1.19. The minimum Gasteiger partial charge on any atom is -0.465 e. The number of methoxy groups -OCH3 is 1. The molecule has 0 heterocycles. The molecule has 0 saturated carbocycles. The average Bonchev–Trinajstić information content (AvgIpc) is 2.14. The molecule has 0 saturated heterocycles. The third kappa shape index (κ3) is 2.37. The van der Waals surface area contributed by atoms with Crippen molar-refractivity contribution < 1.29 is 14.5 Å². The van der Waals surface area contributed by atoms with E-state index >= 15 is 0 Å². The number of hydrogen-bond acceptors (Lipinski definition) is 4. The van der Waals surface area contributed by atoms with E-state index in [0.717, 1.165) is 12.1 Å². The minimum absolute atomic E-state index is 0.0677. The molecule has 0 aliphatic carbocycles. The highest BCUT2D eigenvalue weighted by atomic mass is 35.5. The summed E-state index contributed by atoms with van der Waals surface area (Å²) in [5.41, 5.74) is -0.357. The van der Waals surface area contributed by atoms with Crippen LogP contribution in [-0.4, -0.2) is 18.0 Å². The van der Waals surface area contributed by atoms with Gasteiger partial charge in [-0.3, -0.25) is 10.1 Å². The van der Waals surface area contributed by atoms with Gasteiger partial charge in [0.15, 0.2) is 0 Å². The van der Waals surface area contributed by atoms with E-state index in [0.29, 0.717) is 0 Å². The van der Waals surface area contributed by atoms with Gasteiger partial charge in [-0.05, 0) is 12.1 Å². The standard InChI is InChI=1S/C8H5Cl2NO4/c1-15-8(12)4-2-5(9)7(11(13)14)6(10)3-4/h2-3H,1H3. The fourth-order valence-electron chi connectivity index (χ4n) is 0.976. The first-order valence-electron chi connectivity index (χ1n) is 3.69. The van der Waals surface area contributed by atoms with Crippen LogP contribution in [0, 0.1) is 10.1 Å². The number of benzene rings is 1. The summed E-state index contributed by atoms with van der Waals surface area (Å²) < 4.78 is 4.42. The number of ether oxygens (including phenoxy) is 1. The molecule has 0 N–H and O–H groups in total. The molecule has 0 atom stereocenters. The molecule has 0 fully saturated rings. The number of nitro benzene ring substituents is 1. The molecular weight excluding hydrogens is 245 g/mol. The average molecular weight is 250 g/mol. The molecule has 7 heteroatoms. The van der Waals surface area contributed by atoms with Gasteiger partial charge in [0, 0.05) is 0 Å². The van der Waals surface area contributed by atoms with Crippen LogP contribution in [0.25, 0.3) is 0 Å². The number of carbonyl (C=O) groups excluding carboxylic acids is 1. The van der Waals surface area contributed by atoms with Crippen molar-refractivity contribution in [3.8, 4) is 0 Å². The second kappa shape index (κ2) is 4.46. The third-order valence-electron chi connectivity index (χ3n) is 1.62. The van der Waals surface area contributed by atoms with Crippen LogP contribution >= 0.6 is 23.2 Å². The maximum atomic E-state index is 11.1. The highest BCUT2D eigenvalue weighted by Gasteiger charge is 2.21. The zero-order chi connectivity index (χ0) is 11.6. The Hall–Kier alpha value is -1.33. The quantitative estimate of drug-likeness (QED) is 0.459. The van der Waals surface area contributed by atoms with E-state index in [4.69, 9.17) is 23.2 Å². The van der Waals surface area contributed by atoms with Crippen molar-refractivity contribution in [2.24, 2.45) is 0 Å². The molecule has 80 valence electrons. The number of nitro groups is 1. The van der Waals surface area contributed by atoms with Crippen LogP contribution in [0.1, 0.15) is 10.4 Å². The maximum absolute atomic E-state index is 11.1. The van der Waals surface area contributed by atoms with E-state index < -0.39 is 16.6 Å². The Morgan fingerprint density at radius 3 is 2.20 bits per heavy atom. The molecule has 15 heavy (non-hydrogen) atoms. The Morgan fingerprint density at radius 1 is 1.40 bits per heavy atom. The summed E-state index contributed by atoms with van der Waals surface area (Å²) in [6.07, 6.45) is 0. The first-order valence-corrected chi connectivity index (χ1v) is 4.44. The first kappa shape index (κ1) is 11.7. The van der Waals surface area contributed by atoms with Crippen LogP contribution in [0.3, 0.4) is 0 Å². The molecule has 1 aromatic rings. The molecule has 0 unspecified atom stereocenters. The summed E-state index contributed by atoms with van der Waals surface area (Å²) in [4.78, 5) is 20.9. The van der Waals surface area contributed by atoms with Gasteiger partial charge in [-0.25, -0.2) is 4.79 Å². The predicted molar refractivity (Wildman–Crippen MR) is 54.5 cm³/mol. The van der Waals surface area contributed by atoms with Gasteiger partial charge >= 0.3 is 11.7 Å². The highest BCUT2D eigenvalue weighted by Crippen LogP contribution is 2.33. The van der Waals surface area contributed by atoms with E-state index in [-0.39, 0.29) is 15.6 Å². The SMILES string of the molecule is COC(=O)c1cc(Cl)c([N+](=O)[O-])c(Cl)c1. The predicted octanol–water partition coefficient (Wildman–Crippen LogP) is 2.69. The summed E-state index contributed by atoms with van der Waals surface area (Å²) in [6.45, 7) is 0. The van der Waals surface area contributed by atoms with Crippen molar-refractivity contribution in [1.82, 2.24) is 0 Å². The number of halogens is 2. The van der Waals surface area contributed by atoms with Crippen LogP contribution in [0.2, 0.25) is 10.0 Å². The van der Waals surface area contributed by atoms with Crippen molar-refractivity contribution >= 4 is 34.9 Å². The largest absolute Gasteiger partial charge is 0.465 e. The van der Waals surface area contributed by atoms with Gasteiger partial charge in [0.25, 0.3) is 0 Å². The van der Waals surface area contributed by atoms with Crippen molar-refractivity contribution in [2.45, 2.75) is 0 Å². The van der Waals surface area contributed by atoms with Crippen molar-refractivity contribution in [1.29, 1.82) is 0 Å². The molecule has 0 radical (unpaired) electrons. The zero-order valence-electron chi connectivity index (χ0n) is 7.49. The smallest absolute Gasteiger partial charge is 0.337 e. The van der Waals surface area contributed by atoms with Crippen LogP contribution in [0.15, 0.2) is 12.1 Å². The Balaban J connectivity index is 3.31. The molecule has 1 rings (SSSR count). The lowest BCUT2D eigenvalue weighted by molar-refractivity contribution is -0.384. The van der Waals surface area contributed by atoms with Crippen molar-refractivity contribution in [2.75, 3.05) is 7.11 Å². The number of esters is 1. The Morgan fingerprint density at radius 2 is 1.87 bits per heavy atom. The van der Waals surface area contributed by atoms with Crippen LogP contribution in [0.4, 0.5) is 5.69 Å². The molecule has 0 aliphatic rings. The van der Waals surface area contributed by atoms with E-state index in [2.05, 4.69) is 4.74 Å². The molecular formula is C8H5Cl2NO4. The normalized spacial score (nSPS) is 9.80. The van der Waals surface area contributed by atoms with Crippen molar-refractivity contribution in [3.05, 3.63) is 37.9 Å². The van der Waals surface area contributed by atoms with Gasteiger partial charge in [0.05, 0.1) is 17.6 Å². The number of carbonyl (C=O) groups is 1. The van der Waals surface area contributed by atoms with Gasteiger partial charge in [-0.1, -0.05) is 23.2 Å². The highest BCUT2D eigenvalue weighted by molar-refractivity contribution is 6.38. The van der Waals surface area contributed by atoms with Gasteiger partial charge < -0.3 is 4.74 Å². The minimum atomic E-state index is -0.717. The fourth-order valence-corrected chi connectivity index (χ4v) is 1.60. The lowest BCUT2D eigenvalue weighted by Gasteiger charge is -2.02. The Bertz CT molecular complexity index is 410. The van der Waals surface area contributed by atoms with Crippen LogP contribution < -0.4 is 0 Å². The summed E-state index contributed by atoms with van der Waals surface area (Å²) in [6, 6.07) is 2.27. The molecule has 1 aromatic carbocycles. The monoisotopic (exact) mass is 249 g/mol. The molecule has 0 spiro atoms. The van der Waals surface area contributed by atoms with Gasteiger partial charge in [-0.15, -0.1) is 0 Å². The maximum Gasteiger partial charge on any atom is 0.337 e. The second-order valence-corrected chi connectivity index (χ2v) is 3.35. The van der Waals surface area contributed by atoms with Gasteiger partial charge in [0.2, 0.25) is 0 Å². The molecule has 0 aromatic heterocycles. The topological polar surface area (TPSA) is 69.4 Å². The molecule has 0 amide bonds. The molecule has 5 nitrogen and oxygen atoms in total. The summed E-state index contributed by atoms with van der Waals surface area (Å²) in [5, 5.41) is 10.1. The lowest BCUT2D eigenvalue weighted by Crippen LogP contribution is -2.02. The van der Waals surface area contributed by atoms with Crippen LogP contribution in [0.5, 0.6) is 0 Å². The van der Waals surface area contributed by atoms with Crippen molar-refractivity contribution in [3.63, 3.8) is 0 Å². The molecule has 0 bridgehead atoms. The van der Waals surface area contributed by atoms with E-state index in [1.165, 1.54) is 7.11 Å². The zero-order valence-corrected chi connectivity index (χ0v) is 9.00. The van der Waals surface area contributed by atoms with Gasteiger partial charge in [-0.2, -0.15) is 0 Å². The third-order valence-corrected chi connectivity index (χ3v) is 2.20. The van der Waals surface area contributed by atoms with E-state index in [1.807, 2.05) is 0 Å². The molecule has 0 aliphatic heterocycles. The first-order chi connectivity index (χ1) is 6.97. The number of nitrogens with zero attached hydrogens (tertiary/aromatic N) is 1. The summed E-state index contributed by atoms with van der Waals surface area (Å²) in [5.74, 6) is -0.659. The Kier molecular flexibility index (Phi) is 3.49.